The van der Waals surface area contributed by atoms with Gasteiger partial charge >= 0.3 is 0 Å². The third-order valence-electron chi connectivity index (χ3n) is 3.17. The van der Waals surface area contributed by atoms with Crippen molar-refractivity contribution in [3.63, 3.8) is 0 Å². The molecule has 2 aromatic rings. The van der Waals surface area contributed by atoms with Crippen LogP contribution in [0.15, 0.2) is 29.1 Å². The molecule has 0 radical (unpaired) electrons. The van der Waals surface area contributed by atoms with Gasteiger partial charge in [-0.15, -0.1) is 0 Å². The second kappa shape index (κ2) is 5.87. The van der Waals surface area contributed by atoms with Crippen molar-refractivity contribution in [2.75, 3.05) is 18.1 Å². The van der Waals surface area contributed by atoms with Crippen LogP contribution in [0.3, 0.4) is 0 Å². The van der Waals surface area contributed by atoms with Gasteiger partial charge in [0.15, 0.2) is 0 Å². The molecule has 0 bridgehead atoms. The molecule has 2 heterocycles. The Morgan fingerprint density at radius 3 is 2.76 bits per heavy atom. The van der Waals surface area contributed by atoms with Crippen molar-refractivity contribution in [2.24, 2.45) is 0 Å². The van der Waals surface area contributed by atoms with Gasteiger partial charge in [0, 0.05) is 11.5 Å². The van der Waals surface area contributed by atoms with Crippen LogP contribution < -0.4 is 5.56 Å². The fourth-order valence-corrected chi connectivity index (χ4v) is 3.00. The second-order valence-corrected chi connectivity index (χ2v) is 5.74. The number of aromatic hydroxyl groups is 1. The zero-order valence-electron chi connectivity index (χ0n) is 11.0. The van der Waals surface area contributed by atoms with E-state index < -0.39 is 11.4 Å². The molecule has 5 nitrogen and oxygen atoms in total. The fourth-order valence-electron chi connectivity index (χ4n) is 2.15. The van der Waals surface area contributed by atoms with Gasteiger partial charge in [0.2, 0.25) is 5.88 Å². The molecule has 0 aliphatic carbocycles. The highest BCUT2D eigenvalue weighted by Crippen LogP contribution is 2.28. The number of halogens is 1. The van der Waals surface area contributed by atoms with E-state index in [1.165, 1.54) is 24.3 Å². The van der Waals surface area contributed by atoms with Gasteiger partial charge in [-0.3, -0.25) is 4.79 Å². The van der Waals surface area contributed by atoms with Crippen molar-refractivity contribution in [2.45, 2.75) is 6.10 Å². The molecule has 3 rings (SSSR count). The predicted molar refractivity (Wildman–Crippen MR) is 77.9 cm³/mol. The maximum absolute atomic E-state index is 12.9. The minimum atomic E-state index is -0.469. The van der Waals surface area contributed by atoms with Gasteiger partial charge in [-0.05, 0) is 17.7 Å². The summed E-state index contributed by atoms with van der Waals surface area (Å²) in [6.45, 7) is 0.583. The SMILES string of the molecule is O=c1[nH]c(C2CSCCO2)nc(O)c1-c1ccc(F)cc1. The Bertz CT molecular complexity index is 696. The summed E-state index contributed by atoms with van der Waals surface area (Å²) in [5.74, 6) is 1.11. The second-order valence-electron chi connectivity index (χ2n) is 4.59. The van der Waals surface area contributed by atoms with Gasteiger partial charge in [-0.1, -0.05) is 12.1 Å². The number of nitrogens with zero attached hydrogens (tertiary/aromatic N) is 1. The van der Waals surface area contributed by atoms with E-state index in [0.29, 0.717) is 23.7 Å². The molecule has 110 valence electrons. The van der Waals surface area contributed by atoms with E-state index in [9.17, 15) is 14.3 Å². The Labute approximate surface area is 124 Å². The summed E-state index contributed by atoms with van der Waals surface area (Å²) in [7, 11) is 0. The molecule has 2 N–H and O–H groups in total. The first-order valence-corrected chi connectivity index (χ1v) is 7.59. The van der Waals surface area contributed by atoms with Crippen molar-refractivity contribution in [3.05, 3.63) is 46.3 Å². The number of hydrogen-bond acceptors (Lipinski definition) is 5. The third-order valence-corrected chi connectivity index (χ3v) is 4.17. The maximum Gasteiger partial charge on any atom is 0.262 e. The summed E-state index contributed by atoms with van der Waals surface area (Å²) in [5.41, 5.74) is -0.0290. The molecule has 1 aromatic heterocycles. The molecule has 1 aliphatic heterocycles. The number of thioether (sulfide) groups is 1. The largest absolute Gasteiger partial charge is 0.493 e. The average Bonchev–Trinajstić information content (AvgIpc) is 2.49. The number of aromatic nitrogens is 2. The van der Waals surface area contributed by atoms with Gasteiger partial charge in [0.05, 0.1) is 6.61 Å². The summed E-state index contributed by atoms with van der Waals surface area (Å²) < 4.78 is 18.4. The Balaban J connectivity index is 2.00. The quantitative estimate of drug-likeness (QED) is 0.888. The van der Waals surface area contributed by atoms with Gasteiger partial charge in [0.25, 0.3) is 5.56 Å². The normalized spacial score (nSPS) is 18.6. The van der Waals surface area contributed by atoms with Crippen LogP contribution in [0.25, 0.3) is 11.1 Å². The molecule has 21 heavy (non-hydrogen) atoms. The number of ether oxygens (including phenoxy) is 1. The van der Waals surface area contributed by atoms with E-state index in [2.05, 4.69) is 9.97 Å². The lowest BCUT2D eigenvalue weighted by atomic mass is 10.1. The van der Waals surface area contributed by atoms with Crippen molar-refractivity contribution in [3.8, 4) is 17.0 Å². The third kappa shape index (κ3) is 2.93. The summed E-state index contributed by atoms with van der Waals surface area (Å²) >= 11 is 1.70. The van der Waals surface area contributed by atoms with E-state index in [0.717, 1.165) is 5.75 Å². The fraction of sp³-hybridized carbons (Fsp3) is 0.286. The van der Waals surface area contributed by atoms with Crippen molar-refractivity contribution in [1.29, 1.82) is 0 Å². The molecule has 1 atom stereocenters. The van der Waals surface area contributed by atoms with Gasteiger partial charge < -0.3 is 14.8 Å². The summed E-state index contributed by atoms with van der Waals surface area (Å²) in [4.78, 5) is 18.8. The molecule has 1 unspecified atom stereocenters. The van der Waals surface area contributed by atoms with Gasteiger partial charge in [0.1, 0.15) is 23.3 Å². The number of nitrogens with one attached hydrogen (secondary N) is 1. The van der Waals surface area contributed by atoms with Crippen LogP contribution in [-0.4, -0.2) is 33.2 Å². The topological polar surface area (TPSA) is 75.2 Å². The zero-order chi connectivity index (χ0) is 14.8. The van der Waals surface area contributed by atoms with Crippen molar-refractivity contribution >= 4 is 11.8 Å². The number of aromatic amines is 1. The first-order valence-electron chi connectivity index (χ1n) is 6.43. The Kier molecular flexibility index (Phi) is 3.94. The lowest BCUT2D eigenvalue weighted by Crippen LogP contribution is -2.22. The van der Waals surface area contributed by atoms with E-state index >= 15 is 0 Å². The van der Waals surface area contributed by atoms with Crippen LogP contribution in [0.5, 0.6) is 5.88 Å². The van der Waals surface area contributed by atoms with Crippen LogP contribution in [-0.2, 0) is 4.74 Å². The molecule has 1 saturated heterocycles. The highest BCUT2D eigenvalue weighted by Gasteiger charge is 2.22. The number of benzene rings is 1. The maximum atomic E-state index is 12.9. The first kappa shape index (κ1) is 14.1. The van der Waals surface area contributed by atoms with Gasteiger partial charge in [-0.2, -0.15) is 16.7 Å². The van der Waals surface area contributed by atoms with Crippen LogP contribution >= 0.6 is 11.8 Å². The minimum Gasteiger partial charge on any atom is -0.493 e. The van der Waals surface area contributed by atoms with Crippen LogP contribution in [0.4, 0.5) is 4.39 Å². The van der Waals surface area contributed by atoms with Crippen LogP contribution in [0, 0.1) is 5.82 Å². The Morgan fingerprint density at radius 1 is 1.38 bits per heavy atom. The monoisotopic (exact) mass is 308 g/mol. The smallest absolute Gasteiger partial charge is 0.262 e. The van der Waals surface area contributed by atoms with E-state index in [-0.39, 0.29) is 17.5 Å². The Hall–Kier alpha value is -1.86. The molecule has 0 saturated carbocycles. The summed E-state index contributed by atoms with van der Waals surface area (Å²) in [6, 6.07) is 5.30. The molecule has 0 spiro atoms. The zero-order valence-corrected chi connectivity index (χ0v) is 11.8. The number of rotatable bonds is 2. The minimum absolute atomic E-state index is 0.0298. The van der Waals surface area contributed by atoms with Crippen molar-refractivity contribution in [1.82, 2.24) is 9.97 Å². The first-order chi connectivity index (χ1) is 10.1. The average molecular weight is 308 g/mol. The Morgan fingerprint density at radius 2 is 2.14 bits per heavy atom. The predicted octanol–water partition coefficient (Wildman–Crippen LogP) is 2.09. The lowest BCUT2D eigenvalue weighted by molar-refractivity contribution is 0.0688. The van der Waals surface area contributed by atoms with Crippen LogP contribution in [0.1, 0.15) is 11.9 Å². The summed E-state index contributed by atoms with van der Waals surface area (Å²) in [5, 5.41) is 10.0. The highest BCUT2D eigenvalue weighted by molar-refractivity contribution is 7.99. The van der Waals surface area contributed by atoms with E-state index in [4.69, 9.17) is 4.74 Å². The lowest BCUT2D eigenvalue weighted by Gasteiger charge is -2.21. The molecular weight excluding hydrogens is 295 g/mol. The number of H-pyrrole nitrogens is 1. The molecule has 1 aromatic carbocycles. The van der Waals surface area contributed by atoms with Gasteiger partial charge in [-0.25, -0.2) is 4.39 Å². The van der Waals surface area contributed by atoms with E-state index in [1.54, 1.807) is 11.8 Å². The van der Waals surface area contributed by atoms with Crippen LogP contribution in [0.2, 0.25) is 0 Å². The molecule has 0 amide bonds. The molecule has 1 aliphatic rings. The molecule has 1 fully saturated rings. The molecule has 7 heteroatoms. The van der Waals surface area contributed by atoms with Crippen molar-refractivity contribution < 1.29 is 14.2 Å². The van der Waals surface area contributed by atoms with E-state index in [1.807, 2.05) is 0 Å². The summed E-state index contributed by atoms with van der Waals surface area (Å²) in [6.07, 6.45) is -0.329. The standard InChI is InChI=1S/C14H13FN2O3S/c15-9-3-1-8(2-4-9)11-13(18)16-12(17-14(11)19)10-7-21-6-5-20-10/h1-4,10H,5-7H2,(H2,16,17,18,19). The molecular formula is C14H13FN2O3S. The number of hydrogen-bond donors (Lipinski definition) is 2. The highest BCUT2D eigenvalue weighted by atomic mass is 32.2.